The van der Waals surface area contributed by atoms with E-state index in [2.05, 4.69) is 4.98 Å². The van der Waals surface area contributed by atoms with E-state index in [9.17, 15) is 9.59 Å². The van der Waals surface area contributed by atoms with E-state index in [1.54, 1.807) is 47.7 Å². The van der Waals surface area contributed by atoms with Gasteiger partial charge in [-0.05, 0) is 71.5 Å². The van der Waals surface area contributed by atoms with Gasteiger partial charge in [-0.2, -0.15) is 4.90 Å². The van der Waals surface area contributed by atoms with Crippen molar-refractivity contribution < 1.29 is 19.1 Å². The van der Waals surface area contributed by atoms with Gasteiger partial charge < -0.3 is 15.2 Å². The normalized spacial score (nSPS) is 12.0. The topological polar surface area (TPSA) is 94.8 Å². The van der Waals surface area contributed by atoms with Crippen LogP contribution in [-0.4, -0.2) is 34.9 Å². The molecule has 0 aliphatic heterocycles. The Morgan fingerprint density at radius 2 is 1.57 bits per heavy atom. The Morgan fingerprint density at radius 1 is 1.00 bits per heavy atom. The standard InChI is InChI=1S/C21H29N3O4/c1-20(2,3)27-18(25)24(19(26)28-21(4,5)6)17-16-8-7-14(9-11-22)13-15(16)10-12-23-17/h7-8,10,12-13H,9,11,22H2,1-6H3. The fraction of sp³-hybridized carbons (Fsp3) is 0.476. The third-order valence-corrected chi connectivity index (χ3v) is 3.60. The summed E-state index contributed by atoms with van der Waals surface area (Å²) >= 11 is 0. The van der Waals surface area contributed by atoms with Crippen LogP contribution in [0.1, 0.15) is 47.1 Å². The van der Waals surface area contributed by atoms with Gasteiger partial charge >= 0.3 is 12.2 Å². The van der Waals surface area contributed by atoms with E-state index in [0.717, 1.165) is 22.3 Å². The lowest BCUT2D eigenvalue weighted by Crippen LogP contribution is -2.44. The molecule has 0 fully saturated rings. The molecule has 0 bridgehead atoms. The first-order valence-electron chi connectivity index (χ1n) is 9.25. The lowest BCUT2D eigenvalue weighted by atomic mass is 10.1. The second-order valence-corrected chi connectivity index (χ2v) is 8.52. The number of hydrogen-bond acceptors (Lipinski definition) is 6. The minimum Gasteiger partial charge on any atom is -0.443 e. The Morgan fingerprint density at radius 3 is 2.07 bits per heavy atom. The number of nitrogens with two attached hydrogens (primary N) is 1. The minimum atomic E-state index is -0.840. The summed E-state index contributed by atoms with van der Waals surface area (Å²) in [5.74, 6) is 0.167. The summed E-state index contributed by atoms with van der Waals surface area (Å²) in [7, 11) is 0. The second kappa shape index (κ2) is 8.14. The SMILES string of the molecule is CC(C)(C)OC(=O)N(C(=O)OC(C)(C)C)c1nccc2cc(CCN)ccc12. The lowest BCUT2D eigenvalue weighted by molar-refractivity contribution is 0.0429. The Kier molecular flexibility index (Phi) is 6.29. The van der Waals surface area contributed by atoms with Crippen LogP contribution in [0.25, 0.3) is 10.8 Å². The van der Waals surface area contributed by atoms with Crippen LogP contribution in [-0.2, 0) is 15.9 Å². The first-order valence-corrected chi connectivity index (χ1v) is 9.25. The number of anilines is 1. The van der Waals surface area contributed by atoms with E-state index in [-0.39, 0.29) is 5.82 Å². The number of aromatic nitrogens is 1. The van der Waals surface area contributed by atoms with Crippen LogP contribution in [0, 0.1) is 0 Å². The largest absolute Gasteiger partial charge is 0.443 e. The highest BCUT2D eigenvalue weighted by Crippen LogP contribution is 2.28. The molecule has 1 aromatic carbocycles. The molecule has 0 aliphatic rings. The molecule has 2 rings (SSSR count). The summed E-state index contributed by atoms with van der Waals surface area (Å²) in [4.78, 5) is 30.8. The molecule has 0 unspecified atom stereocenters. The Balaban J connectivity index is 2.56. The second-order valence-electron chi connectivity index (χ2n) is 8.52. The maximum absolute atomic E-state index is 12.8. The van der Waals surface area contributed by atoms with E-state index >= 15 is 0 Å². The molecule has 2 aromatic rings. The number of hydrogen-bond donors (Lipinski definition) is 1. The quantitative estimate of drug-likeness (QED) is 0.838. The maximum Gasteiger partial charge on any atom is 0.425 e. The Hall–Kier alpha value is -2.67. The van der Waals surface area contributed by atoms with Crippen LogP contribution in [0.2, 0.25) is 0 Å². The summed E-state index contributed by atoms with van der Waals surface area (Å²) in [5, 5.41) is 1.48. The molecular formula is C21H29N3O4. The average Bonchev–Trinajstić information content (AvgIpc) is 2.52. The number of fused-ring (bicyclic) bond motifs is 1. The molecule has 1 heterocycles. The van der Waals surface area contributed by atoms with Crippen LogP contribution in [0.15, 0.2) is 30.5 Å². The third kappa shape index (κ3) is 5.66. The van der Waals surface area contributed by atoms with Gasteiger partial charge in [0.1, 0.15) is 11.2 Å². The van der Waals surface area contributed by atoms with Gasteiger partial charge in [0.2, 0.25) is 0 Å². The number of ether oxygens (including phenoxy) is 2. The van der Waals surface area contributed by atoms with Gasteiger partial charge in [-0.1, -0.05) is 18.2 Å². The van der Waals surface area contributed by atoms with Crippen molar-refractivity contribution in [3.05, 3.63) is 36.0 Å². The molecule has 0 spiro atoms. The highest BCUT2D eigenvalue weighted by atomic mass is 16.6. The number of benzene rings is 1. The van der Waals surface area contributed by atoms with Crippen LogP contribution in [0.3, 0.4) is 0 Å². The number of nitrogens with zero attached hydrogens (tertiary/aromatic N) is 2. The number of pyridine rings is 1. The fourth-order valence-electron chi connectivity index (χ4n) is 2.57. The van der Waals surface area contributed by atoms with E-state index in [1.165, 1.54) is 0 Å². The average molecular weight is 387 g/mol. The smallest absolute Gasteiger partial charge is 0.425 e. The van der Waals surface area contributed by atoms with Crippen molar-refractivity contribution in [3.63, 3.8) is 0 Å². The van der Waals surface area contributed by atoms with Crippen LogP contribution < -0.4 is 10.6 Å². The minimum absolute atomic E-state index is 0.167. The number of carbonyl (C=O) groups excluding carboxylic acids is 2. The molecule has 0 saturated carbocycles. The van der Waals surface area contributed by atoms with Crippen LogP contribution in [0.4, 0.5) is 15.4 Å². The van der Waals surface area contributed by atoms with Crippen molar-refractivity contribution in [3.8, 4) is 0 Å². The van der Waals surface area contributed by atoms with E-state index < -0.39 is 23.4 Å². The number of rotatable bonds is 3. The first-order chi connectivity index (χ1) is 12.9. The number of carbonyl (C=O) groups is 2. The predicted molar refractivity (Wildman–Crippen MR) is 109 cm³/mol. The van der Waals surface area contributed by atoms with E-state index in [4.69, 9.17) is 15.2 Å². The van der Waals surface area contributed by atoms with Gasteiger partial charge in [0.05, 0.1) is 0 Å². The van der Waals surface area contributed by atoms with Crippen molar-refractivity contribution in [1.29, 1.82) is 0 Å². The van der Waals surface area contributed by atoms with Gasteiger partial charge in [-0.3, -0.25) is 0 Å². The van der Waals surface area contributed by atoms with Gasteiger partial charge in [0, 0.05) is 11.6 Å². The summed E-state index contributed by atoms with van der Waals surface area (Å²) < 4.78 is 10.9. The molecule has 152 valence electrons. The Labute approximate surface area is 165 Å². The van der Waals surface area contributed by atoms with Crippen LogP contribution in [0.5, 0.6) is 0 Å². The summed E-state index contributed by atoms with van der Waals surface area (Å²) in [6.07, 6.45) is 0.599. The monoisotopic (exact) mass is 387 g/mol. The molecule has 1 aromatic heterocycles. The number of amides is 2. The van der Waals surface area contributed by atoms with Crippen molar-refractivity contribution >= 4 is 28.8 Å². The third-order valence-electron chi connectivity index (χ3n) is 3.60. The summed E-state index contributed by atoms with van der Waals surface area (Å²) in [6.45, 7) is 10.9. The van der Waals surface area contributed by atoms with Crippen molar-refractivity contribution in [2.24, 2.45) is 5.73 Å². The number of imide groups is 1. The molecule has 0 saturated heterocycles. The predicted octanol–water partition coefficient (Wildman–Crippen LogP) is 4.41. The molecule has 2 N–H and O–H groups in total. The van der Waals surface area contributed by atoms with Gasteiger partial charge in [-0.25, -0.2) is 14.6 Å². The molecule has 7 nitrogen and oxygen atoms in total. The van der Waals surface area contributed by atoms with Gasteiger partial charge in [-0.15, -0.1) is 0 Å². The zero-order chi connectivity index (χ0) is 21.1. The Bertz CT molecular complexity index is 838. The fourth-order valence-corrected chi connectivity index (χ4v) is 2.57. The molecule has 28 heavy (non-hydrogen) atoms. The summed E-state index contributed by atoms with van der Waals surface area (Å²) in [5.41, 5.74) is 5.14. The van der Waals surface area contributed by atoms with Crippen molar-refractivity contribution in [2.45, 2.75) is 59.2 Å². The highest BCUT2D eigenvalue weighted by Gasteiger charge is 2.34. The molecule has 2 amide bonds. The van der Waals surface area contributed by atoms with E-state index in [1.807, 2.05) is 24.3 Å². The zero-order valence-electron chi connectivity index (χ0n) is 17.4. The molecule has 0 aliphatic carbocycles. The lowest BCUT2D eigenvalue weighted by Gasteiger charge is -2.28. The molecule has 7 heteroatoms. The van der Waals surface area contributed by atoms with Gasteiger partial charge in [0.15, 0.2) is 5.82 Å². The summed E-state index contributed by atoms with van der Waals surface area (Å²) in [6, 6.07) is 7.52. The maximum atomic E-state index is 12.8. The van der Waals surface area contributed by atoms with Crippen molar-refractivity contribution in [1.82, 2.24) is 4.98 Å². The van der Waals surface area contributed by atoms with Gasteiger partial charge in [0.25, 0.3) is 0 Å². The highest BCUT2D eigenvalue weighted by molar-refractivity contribution is 6.13. The first kappa shape index (κ1) is 21.6. The van der Waals surface area contributed by atoms with E-state index in [0.29, 0.717) is 11.9 Å². The molecule has 0 atom stereocenters. The zero-order valence-corrected chi connectivity index (χ0v) is 17.4. The molecule has 0 radical (unpaired) electrons. The van der Waals surface area contributed by atoms with Crippen LogP contribution >= 0.6 is 0 Å². The van der Waals surface area contributed by atoms with Crippen molar-refractivity contribution in [2.75, 3.05) is 11.4 Å². The molecular weight excluding hydrogens is 358 g/mol.